The topological polar surface area (TPSA) is 24.4 Å². The van der Waals surface area contributed by atoms with Gasteiger partial charge in [0, 0.05) is 11.3 Å². The molecule has 16 heavy (non-hydrogen) atoms. The van der Waals surface area contributed by atoms with Gasteiger partial charge in [0.2, 0.25) is 0 Å². The van der Waals surface area contributed by atoms with Crippen LogP contribution in [0.2, 0.25) is 0 Å². The molecule has 0 radical (unpaired) electrons. The number of hydrogen-bond acceptors (Lipinski definition) is 2. The fourth-order valence-electron chi connectivity index (χ4n) is 2.79. The second kappa shape index (κ2) is 5.44. The zero-order valence-corrected chi connectivity index (χ0v) is 11.5. The molecule has 1 aliphatic carbocycles. The van der Waals surface area contributed by atoms with Gasteiger partial charge in [0.25, 0.3) is 0 Å². The lowest BCUT2D eigenvalue weighted by Gasteiger charge is -2.30. The van der Waals surface area contributed by atoms with Gasteiger partial charge in [-0.1, -0.05) is 38.5 Å². The maximum Gasteiger partial charge on any atom is 0.157 e. The molecule has 0 aromatic rings. The van der Waals surface area contributed by atoms with Crippen LogP contribution in [0.1, 0.15) is 52.9 Å². The van der Waals surface area contributed by atoms with E-state index in [0.29, 0.717) is 12.1 Å². The van der Waals surface area contributed by atoms with Gasteiger partial charge in [-0.2, -0.15) is 0 Å². The molecule has 1 aliphatic heterocycles. The lowest BCUT2D eigenvalue weighted by Crippen LogP contribution is -2.39. The second-order valence-electron chi connectivity index (χ2n) is 5.57. The summed E-state index contributed by atoms with van der Waals surface area (Å²) in [5.41, 5.74) is 0. The van der Waals surface area contributed by atoms with Crippen molar-refractivity contribution in [3.63, 3.8) is 0 Å². The van der Waals surface area contributed by atoms with Crippen LogP contribution in [0, 0.1) is 5.92 Å². The standard InChI is InChI=1S/C13H24N2S/c1-9-5-4-6-12(7-9)15-13-14-10(2)8-11(3)16-13/h9-12H,4-8H2,1-3H3,(H,14,15). The Hall–Kier alpha value is -0.180. The van der Waals surface area contributed by atoms with Crippen molar-refractivity contribution in [3.05, 3.63) is 0 Å². The largest absolute Gasteiger partial charge is 0.362 e. The highest BCUT2D eigenvalue weighted by atomic mass is 32.2. The number of thioether (sulfide) groups is 1. The van der Waals surface area contributed by atoms with Crippen molar-refractivity contribution in [3.8, 4) is 0 Å². The van der Waals surface area contributed by atoms with E-state index in [2.05, 4.69) is 26.1 Å². The van der Waals surface area contributed by atoms with Crippen LogP contribution < -0.4 is 5.32 Å². The molecule has 4 atom stereocenters. The smallest absolute Gasteiger partial charge is 0.157 e. The van der Waals surface area contributed by atoms with Crippen molar-refractivity contribution in [2.24, 2.45) is 10.9 Å². The molecule has 1 heterocycles. The van der Waals surface area contributed by atoms with E-state index < -0.39 is 0 Å². The Morgan fingerprint density at radius 3 is 2.69 bits per heavy atom. The van der Waals surface area contributed by atoms with Crippen LogP contribution in [0.15, 0.2) is 4.99 Å². The summed E-state index contributed by atoms with van der Waals surface area (Å²) in [6, 6.07) is 1.17. The number of aliphatic imine (C=N–C) groups is 1. The van der Waals surface area contributed by atoms with Gasteiger partial charge in [-0.3, -0.25) is 4.99 Å². The van der Waals surface area contributed by atoms with E-state index in [4.69, 9.17) is 4.99 Å². The first kappa shape index (κ1) is 12.3. The molecule has 2 rings (SSSR count). The minimum Gasteiger partial charge on any atom is -0.362 e. The lowest BCUT2D eigenvalue weighted by atomic mass is 9.87. The monoisotopic (exact) mass is 240 g/mol. The van der Waals surface area contributed by atoms with E-state index in [0.717, 1.165) is 11.2 Å². The van der Waals surface area contributed by atoms with Gasteiger partial charge in [0.15, 0.2) is 5.17 Å². The number of nitrogens with one attached hydrogen (secondary N) is 1. The minimum absolute atomic E-state index is 0.580. The Morgan fingerprint density at radius 2 is 2.00 bits per heavy atom. The molecular formula is C13H24N2S. The molecule has 92 valence electrons. The molecule has 2 aliphatic rings. The molecule has 0 aromatic carbocycles. The first-order chi connectivity index (χ1) is 7.63. The zero-order valence-electron chi connectivity index (χ0n) is 10.7. The van der Waals surface area contributed by atoms with E-state index in [1.165, 1.54) is 37.3 Å². The molecule has 0 aromatic heterocycles. The number of nitrogens with zero attached hydrogens (tertiary/aromatic N) is 1. The first-order valence-corrected chi connectivity index (χ1v) is 7.52. The molecule has 2 fully saturated rings. The average molecular weight is 240 g/mol. The normalized spacial score (nSPS) is 43.1. The SMILES string of the molecule is CC1CCCC(N=C2NC(C)CC(C)S2)C1. The van der Waals surface area contributed by atoms with Crippen LogP contribution in [-0.4, -0.2) is 22.5 Å². The van der Waals surface area contributed by atoms with Crippen molar-refractivity contribution < 1.29 is 0 Å². The average Bonchev–Trinajstić information content (AvgIpc) is 2.15. The van der Waals surface area contributed by atoms with Crippen molar-refractivity contribution in [1.82, 2.24) is 5.32 Å². The van der Waals surface area contributed by atoms with Crippen molar-refractivity contribution >= 4 is 16.9 Å². The van der Waals surface area contributed by atoms with Gasteiger partial charge < -0.3 is 5.32 Å². The highest BCUT2D eigenvalue weighted by molar-refractivity contribution is 8.14. The molecule has 3 heteroatoms. The maximum atomic E-state index is 4.91. The molecule has 0 spiro atoms. The number of amidine groups is 1. The summed E-state index contributed by atoms with van der Waals surface area (Å²) in [6.07, 6.45) is 6.59. The maximum absolute atomic E-state index is 4.91. The fourth-order valence-corrected chi connectivity index (χ4v) is 4.04. The molecule has 1 saturated carbocycles. The van der Waals surface area contributed by atoms with E-state index in [-0.39, 0.29) is 0 Å². The molecular weight excluding hydrogens is 216 g/mol. The molecule has 2 nitrogen and oxygen atoms in total. The van der Waals surface area contributed by atoms with Gasteiger partial charge in [0.05, 0.1) is 6.04 Å². The van der Waals surface area contributed by atoms with Crippen LogP contribution in [0.25, 0.3) is 0 Å². The third-order valence-electron chi connectivity index (χ3n) is 3.58. The van der Waals surface area contributed by atoms with Crippen molar-refractivity contribution in [2.45, 2.75) is 70.2 Å². The highest BCUT2D eigenvalue weighted by Gasteiger charge is 2.23. The zero-order chi connectivity index (χ0) is 11.5. The van der Waals surface area contributed by atoms with E-state index in [9.17, 15) is 0 Å². The Kier molecular flexibility index (Phi) is 4.17. The minimum atomic E-state index is 0.580. The summed E-state index contributed by atoms with van der Waals surface area (Å²) in [7, 11) is 0. The van der Waals surface area contributed by atoms with Gasteiger partial charge in [0.1, 0.15) is 0 Å². The van der Waals surface area contributed by atoms with E-state index in [1.54, 1.807) is 0 Å². The second-order valence-corrected chi connectivity index (χ2v) is 7.00. The molecule has 0 amide bonds. The summed E-state index contributed by atoms with van der Waals surface area (Å²) >= 11 is 1.92. The summed E-state index contributed by atoms with van der Waals surface area (Å²) in [4.78, 5) is 4.91. The van der Waals surface area contributed by atoms with Gasteiger partial charge in [-0.05, 0) is 32.1 Å². The number of hydrogen-bond donors (Lipinski definition) is 1. The van der Waals surface area contributed by atoms with Crippen molar-refractivity contribution in [1.29, 1.82) is 0 Å². The summed E-state index contributed by atoms with van der Waals surface area (Å²) in [5, 5.41) is 5.44. The molecule has 0 bridgehead atoms. The third kappa shape index (κ3) is 3.41. The van der Waals surface area contributed by atoms with E-state index in [1.807, 2.05) is 11.8 Å². The Bertz CT molecular complexity index is 253. The van der Waals surface area contributed by atoms with E-state index >= 15 is 0 Å². The van der Waals surface area contributed by atoms with Crippen LogP contribution in [0.4, 0.5) is 0 Å². The van der Waals surface area contributed by atoms with Crippen molar-refractivity contribution in [2.75, 3.05) is 0 Å². The van der Waals surface area contributed by atoms with Gasteiger partial charge in [-0.15, -0.1) is 0 Å². The third-order valence-corrected chi connectivity index (χ3v) is 4.62. The Balaban J connectivity index is 1.94. The number of rotatable bonds is 1. The predicted octanol–water partition coefficient (Wildman–Crippen LogP) is 3.42. The molecule has 1 saturated heterocycles. The molecule has 1 N–H and O–H groups in total. The van der Waals surface area contributed by atoms with Gasteiger partial charge >= 0.3 is 0 Å². The Morgan fingerprint density at radius 1 is 1.19 bits per heavy atom. The summed E-state index contributed by atoms with van der Waals surface area (Å²) in [5.74, 6) is 0.867. The van der Waals surface area contributed by atoms with Gasteiger partial charge in [-0.25, -0.2) is 0 Å². The Labute approximate surface area is 104 Å². The quantitative estimate of drug-likeness (QED) is 0.759. The van der Waals surface area contributed by atoms with Crippen LogP contribution in [0.3, 0.4) is 0 Å². The highest BCUT2D eigenvalue weighted by Crippen LogP contribution is 2.28. The summed E-state index contributed by atoms with van der Waals surface area (Å²) < 4.78 is 0. The molecule has 4 unspecified atom stereocenters. The van der Waals surface area contributed by atoms with Crippen LogP contribution in [-0.2, 0) is 0 Å². The lowest BCUT2D eigenvalue weighted by molar-refractivity contribution is 0.345. The summed E-state index contributed by atoms with van der Waals surface area (Å²) in [6.45, 7) is 6.93. The predicted molar refractivity (Wildman–Crippen MR) is 73.1 cm³/mol. The fraction of sp³-hybridized carbons (Fsp3) is 0.923. The van der Waals surface area contributed by atoms with Crippen LogP contribution in [0.5, 0.6) is 0 Å². The first-order valence-electron chi connectivity index (χ1n) is 6.64. The van der Waals surface area contributed by atoms with Crippen LogP contribution >= 0.6 is 11.8 Å².